The summed E-state index contributed by atoms with van der Waals surface area (Å²) in [6, 6.07) is 25.5. The zero-order chi connectivity index (χ0) is 21.4. The zero-order valence-corrected chi connectivity index (χ0v) is 17.4. The lowest BCUT2D eigenvalue weighted by molar-refractivity contribution is 0.475. The molecule has 0 spiro atoms. The van der Waals surface area contributed by atoms with Gasteiger partial charge < -0.3 is 9.52 Å². The molecule has 5 rings (SSSR count). The van der Waals surface area contributed by atoms with E-state index in [1.807, 2.05) is 60.7 Å². The number of phenolic OH excluding ortho intramolecular Hbond substituents is 1. The summed E-state index contributed by atoms with van der Waals surface area (Å²) >= 11 is 0. The van der Waals surface area contributed by atoms with Crippen LogP contribution in [0.15, 0.2) is 88.3 Å². The van der Waals surface area contributed by atoms with Gasteiger partial charge in [0, 0.05) is 23.4 Å². The molecule has 4 nitrogen and oxygen atoms in total. The molecule has 1 heterocycles. The molecule has 0 fully saturated rings. The number of aromatic hydroxyl groups is 1. The number of rotatable bonds is 4. The molecule has 0 atom stereocenters. The normalized spacial score (nSPS) is 11.8. The van der Waals surface area contributed by atoms with Crippen molar-refractivity contribution in [3.63, 3.8) is 0 Å². The number of benzene rings is 4. The molecule has 0 bridgehead atoms. The van der Waals surface area contributed by atoms with E-state index in [1.165, 1.54) is 5.56 Å². The maximum atomic E-state index is 10.3. The number of aromatic nitrogens is 1. The highest BCUT2D eigenvalue weighted by molar-refractivity contribution is 6.03. The summed E-state index contributed by atoms with van der Waals surface area (Å²) in [5.74, 6) is 1.28. The molecule has 1 aromatic heterocycles. The van der Waals surface area contributed by atoms with Crippen molar-refractivity contribution in [3.8, 4) is 17.2 Å². The maximum Gasteiger partial charge on any atom is 0.227 e. The van der Waals surface area contributed by atoms with Gasteiger partial charge in [-0.3, -0.25) is 4.99 Å². The number of aliphatic imine (C=N–C) groups is 1. The Hall–Kier alpha value is -3.92. The Labute approximate surface area is 180 Å². The first kappa shape index (κ1) is 19.1. The molecule has 0 radical (unpaired) electrons. The SMILES string of the molecule is CC(C)c1ccc(-c2nc3ccc(N=Cc4c(O)ccc5ccccc45)cc3o2)cc1. The lowest BCUT2D eigenvalue weighted by atomic mass is 10.0. The van der Waals surface area contributed by atoms with Gasteiger partial charge in [0.2, 0.25) is 5.89 Å². The highest BCUT2D eigenvalue weighted by Gasteiger charge is 2.10. The standard InChI is InChI=1S/C27H22N2O2/c1-17(2)18-7-9-20(10-8-18)27-29-24-13-12-21(15-26(24)31-27)28-16-23-22-6-4-3-5-19(22)11-14-25(23)30/h3-17,30H,1-2H3. The van der Waals surface area contributed by atoms with Gasteiger partial charge >= 0.3 is 0 Å². The van der Waals surface area contributed by atoms with Crippen LogP contribution in [0, 0.1) is 0 Å². The molecule has 152 valence electrons. The number of nitrogens with zero attached hydrogens (tertiary/aromatic N) is 2. The number of oxazole rings is 1. The van der Waals surface area contributed by atoms with Crippen LogP contribution in [-0.4, -0.2) is 16.3 Å². The second-order valence-corrected chi connectivity index (χ2v) is 7.93. The van der Waals surface area contributed by atoms with Crippen LogP contribution in [0.5, 0.6) is 5.75 Å². The summed E-state index contributed by atoms with van der Waals surface area (Å²) in [6.07, 6.45) is 1.70. The first-order chi connectivity index (χ1) is 15.1. The van der Waals surface area contributed by atoms with Crippen LogP contribution in [0.3, 0.4) is 0 Å². The minimum Gasteiger partial charge on any atom is -0.507 e. The molecular formula is C27H22N2O2. The Bertz CT molecular complexity index is 1410. The third-order valence-electron chi connectivity index (χ3n) is 5.49. The summed E-state index contributed by atoms with van der Waals surface area (Å²) in [4.78, 5) is 9.19. The highest BCUT2D eigenvalue weighted by Crippen LogP contribution is 2.30. The Morgan fingerprint density at radius 3 is 2.55 bits per heavy atom. The van der Waals surface area contributed by atoms with Gasteiger partial charge in [-0.25, -0.2) is 4.98 Å². The molecule has 4 heteroatoms. The van der Waals surface area contributed by atoms with Gasteiger partial charge in [0.1, 0.15) is 11.3 Å². The molecular weight excluding hydrogens is 384 g/mol. The average Bonchev–Trinajstić information content (AvgIpc) is 3.22. The minimum atomic E-state index is 0.204. The maximum absolute atomic E-state index is 10.3. The van der Waals surface area contributed by atoms with Crippen molar-refractivity contribution >= 4 is 33.8 Å². The predicted molar refractivity (Wildman–Crippen MR) is 126 cm³/mol. The molecule has 0 aliphatic rings. The van der Waals surface area contributed by atoms with Gasteiger partial charge in [0.15, 0.2) is 5.58 Å². The largest absolute Gasteiger partial charge is 0.507 e. The topological polar surface area (TPSA) is 58.6 Å². The molecule has 0 aliphatic heterocycles. The Morgan fingerprint density at radius 2 is 1.74 bits per heavy atom. The van der Waals surface area contributed by atoms with Crippen LogP contribution in [0.1, 0.15) is 30.9 Å². The fraction of sp³-hybridized carbons (Fsp3) is 0.111. The number of phenols is 1. The summed E-state index contributed by atoms with van der Waals surface area (Å²) < 4.78 is 6.01. The molecule has 1 N–H and O–H groups in total. The summed E-state index contributed by atoms with van der Waals surface area (Å²) in [5.41, 5.74) is 5.13. The minimum absolute atomic E-state index is 0.204. The highest BCUT2D eigenvalue weighted by atomic mass is 16.3. The van der Waals surface area contributed by atoms with Crippen molar-refractivity contribution < 1.29 is 9.52 Å². The van der Waals surface area contributed by atoms with E-state index in [1.54, 1.807) is 12.3 Å². The number of fused-ring (bicyclic) bond motifs is 2. The van der Waals surface area contributed by atoms with E-state index in [0.717, 1.165) is 27.5 Å². The summed E-state index contributed by atoms with van der Waals surface area (Å²) in [7, 11) is 0. The average molecular weight is 406 g/mol. The lowest BCUT2D eigenvalue weighted by Crippen LogP contribution is -1.86. The van der Waals surface area contributed by atoms with Gasteiger partial charge in [0.25, 0.3) is 0 Å². The van der Waals surface area contributed by atoms with E-state index in [9.17, 15) is 5.11 Å². The van der Waals surface area contributed by atoms with Crippen molar-refractivity contribution in [3.05, 3.63) is 90.0 Å². The van der Waals surface area contributed by atoms with Gasteiger partial charge in [0.05, 0.1) is 5.69 Å². The van der Waals surface area contributed by atoms with Gasteiger partial charge in [-0.05, 0) is 52.6 Å². The summed E-state index contributed by atoms with van der Waals surface area (Å²) in [5, 5.41) is 12.3. The van der Waals surface area contributed by atoms with Crippen LogP contribution in [0.2, 0.25) is 0 Å². The van der Waals surface area contributed by atoms with Crippen molar-refractivity contribution in [1.29, 1.82) is 0 Å². The van der Waals surface area contributed by atoms with E-state index in [4.69, 9.17) is 4.42 Å². The van der Waals surface area contributed by atoms with Gasteiger partial charge in [-0.15, -0.1) is 0 Å². The molecule has 0 aliphatic carbocycles. The van der Waals surface area contributed by atoms with Crippen molar-refractivity contribution in [2.24, 2.45) is 4.99 Å². The molecule has 4 aromatic carbocycles. The Balaban J connectivity index is 1.48. The van der Waals surface area contributed by atoms with E-state index in [2.05, 4.69) is 36.0 Å². The molecule has 5 aromatic rings. The van der Waals surface area contributed by atoms with Gasteiger partial charge in [-0.1, -0.05) is 56.3 Å². The van der Waals surface area contributed by atoms with Crippen molar-refractivity contribution in [2.75, 3.05) is 0 Å². The van der Waals surface area contributed by atoms with Crippen LogP contribution in [-0.2, 0) is 0 Å². The molecule has 0 saturated carbocycles. The van der Waals surface area contributed by atoms with E-state index in [0.29, 0.717) is 23.0 Å². The third-order valence-corrected chi connectivity index (χ3v) is 5.49. The molecule has 0 amide bonds. The predicted octanol–water partition coefficient (Wildman–Crippen LogP) is 7.23. The fourth-order valence-electron chi connectivity index (χ4n) is 3.69. The Morgan fingerprint density at radius 1 is 0.935 bits per heavy atom. The van der Waals surface area contributed by atoms with E-state index < -0.39 is 0 Å². The van der Waals surface area contributed by atoms with Crippen molar-refractivity contribution in [2.45, 2.75) is 19.8 Å². The van der Waals surface area contributed by atoms with Crippen LogP contribution >= 0.6 is 0 Å². The second-order valence-electron chi connectivity index (χ2n) is 7.93. The monoisotopic (exact) mass is 406 g/mol. The van der Waals surface area contributed by atoms with Crippen LogP contribution in [0.4, 0.5) is 5.69 Å². The van der Waals surface area contributed by atoms with Crippen LogP contribution < -0.4 is 0 Å². The smallest absolute Gasteiger partial charge is 0.227 e. The third kappa shape index (κ3) is 3.68. The molecule has 0 unspecified atom stereocenters. The summed E-state index contributed by atoms with van der Waals surface area (Å²) in [6.45, 7) is 4.35. The van der Waals surface area contributed by atoms with Crippen LogP contribution in [0.25, 0.3) is 33.3 Å². The van der Waals surface area contributed by atoms with E-state index >= 15 is 0 Å². The zero-order valence-electron chi connectivity index (χ0n) is 17.4. The fourth-order valence-corrected chi connectivity index (χ4v) is 3.69. The molecule has 31 heavy (non-hydrogen) atoms. The number of hydrogen-bond donors (Lipinski definition) is 1. The van der Waals surface area contributed by atoms with Crippen molar-refractivity contribution in [1.82, 2.24) is 4.98 Å². The quantitative estimate of drug-likeness (QED) is 0.320. The molecule has 0 saturated heterocycles. The second kappa shape index (κ2) is 7.73. The van der Waals surface area contributed by atoms with E-state index in [-0.39, 0.29) is 5.75 Å². The first-order valence-electron chi connectivity index (χ1n) is 10.3. The first-order valence-corrected chi connectivity index (χ1v) is 10.3. The Kier molecular flexibility index (Phi) is 4.75. The lowest BCUT2D eigenvalue weighted by Gasteiger charge is -2.04. The van der Waals surface area contributed by atoms with Gasteiger partial charge in [-0.2, -0.15) is 0 Å². The number of hydrogen-bond acceptors (Lipinski definition) is 4.